The first-order valence-corrected chi connectivity index (χ1v) is 12.7. The fourth-order valence-corrected chi connectivity index (χ4v) is 5.50. The van der Waals surface area contributed by atoms with E-state index in [1.807, 2.05) is 36.4 Å². The maximum atomic E-state index is 13.1. The molecule has 5 aromatic rings. The molecule has 1 amide bonds. The van der Waals surface area contributed by atoms with E-state index >= 15 is 0 Å². The predicted octanol–water partition coefficient (Wildman–Crippen LogP) is 4.50. The van der Waals surface area contributed by atoms with Crippen molar-refractivity contribution in [1.82, 2.24) is 29.9 Å². The second kappa shape index (κ2) is 9.46. The number of nitrogens with zero attached hydrogens (tertiary/aromatic N) is 7. The van der Waals surface area contributed by atoms with Gasteiger partial charge in [0, 0.05) is 24.3 Å². The number of hydrogen-bond acceptors (Lipinski definition) is 8. The standard InChI is InChI=1S/C26H24N8OS/c1-17-4-9-21-22(13-17)36-26(30-21)18-5-7-20(8-6-18)29-25(35)19-3-2-12-33(14-19)23-10-11-24(32-31-23)34-16-27-15-28-34/h4-11,13,15-16,19H,2-3,12,14H2,1H3,(H,29,35). The summed E-state index contributed by atoms with van der Waals surface area (Å²) in [7, 11) is 0. The first-order chi connectivity index (χ1) is 17.6. The maximum absolute atomic E-state index is 13.1. The molecule has 1 aliphatic rings. The van der Waals surface area contributed by atoms with Gasteiger partial charge >= 0.3 is 0 Å². The number of aryl methyl sites for hydroxylation is 1. The zero-order chi connectivity index (χ0) is 24.5. The van der Waals surface area contributed by atoms with E-state index in [-0.39, 0.29) is 11.8 Å². The van der Waals surface area contributed by atoms with E-state index < -0.39 is 0 Å². The van der Waals surface area contributed by atoms with Crippen molar-refractivity contribution in [3.63, 3.8) is 0 Å². The highest BCUT2D eigenvalue weighted by molar-refractivity contribution is 7.21. The molecule has 0 bridgehead atoms. The van der Waals surface area contributed by atoms with Crippen LogP contribution in [0, 0.1) is 12.8 Å². The number of thiazole rings is 1. The minimum absolute atomic E-state index is 0.0232. The van der Waals surface area contributed by atoms with Crippen LogP contribution < -0.4 is 10.2 Å². The number of aromatic nitrogens is 6. The van der Waals surface area contributed by atoms with E-state index in [1.165, 1.54) is 16.6 Å². The number of anilines is 2. The van der Waals surface area contributed by atoms with Crippen molar-refractivity contribution in [2.24, 2.45) is 5.92 Å². The Balaban J connectivity index is 1.10. The Kier molecular flexibility index (Phi) is 5.86. The molecule has 4 heterocycles. The third-order valence-electron chi connectivity index (χ3n) is 6.35. The van der Waals surface area contributed by atoms with E-state index in [2.05, 4.69) is 55.6 Å². The monoisotopic (exact) mass is 496 g/mol. The number of nitrogens with one attached hydrogen (secondary N) is 1. The van der Waals surface area contributed by atoms with Crippen LogP contribution in [-0.4, -0.2) is 48.9 Å². The van der Waals surface area contributed by atoms with Crippen molar-refractivity contribution in [2.45, 2.75) is 19.8 Å². The fraction of sp³-hybridized carbons (Fsp3) is 0.231. The lowest BCUT2D eigenvalue weighted by Crippen LogP contribution is -2.41. The van der Waals surface area contributed by atoms with E-state index in [4.69, 9.17) is 4.98 Å². The van der Waals surface area contributed by atoms with Crippen molar-refractivity contribution in [2.75, 3.05) is 23.3 Å². The molecule has 2 aromatic carbocycles. The van der Waals surface area contributed by atoms with Crippen LogP contribution in [0.5, 0.6) is 0 Å². The second-order valence-corrected chi connectivity index (χ2v) is 9.96. The average Bonchev–Trinajstić information content (AvgIpc) is 3.60. The highest BCUT2D eigenvalue weighted by Gasteiger charge is 2.27. The SMILES string of the molecule is Cc1ccc2nc(-c3ccc(NC(=O)C4CCCN(c5ccc(-n6cncn6)nn5)C4)cc3)sc2c1. The second-order valence-electron chi connectivity index (χ2n) is 8.93. The number of fused-ring (bicyclic) bond motifs is 1. The molecule has 6 rings (SSSR count). The van der Waals surface area contributed by atoms with Crippen molar-refractivity contribution in [1.29, 1.82) is 0 Å². The molecule has 1 fully saturated rings. The van der Waals surface area contributed by atoms with Gasteiger partial charge in [0.1, 0.15) is 17.7 Å². The summed E-state index contributed by atoms with van der Waals surface area (Å²) in [5.74, 6) is 1.26. The Labute approximate surface area is 211 Å². The van der Waals surface area contributed by atoms with Gasteiger partial charge in [-0.25, -0.2) is 14.6 Å². The lowest BCUT2D eigenvalue weighted by molar-refractivity contribution is -0.120. The molecule has 3 aromatic heterocycles. The van der Waals surface area contributed by atoms with Gasteiger partial charge in [0.15, 0.2) is 11.6 Å². The van der Waals surface area contributed by atoms with Gasteiger partial charge in [-0.2, -0.15) is 5.10 Å². The summed E-state index contributed by atoms with van der Waals surface area (Å²) >= 11 is 1.68. The maximum Gasteiger partial charge on any atom is 0.229 e. The van der Waals surface area contributed by atoms with Crippen LogP contribution in [0.25, 0.3) is 26.6 Å². The number of rotatable bonds is 5. The summed E-state index contributed by atoms with van der Waals surface area (Å²) in [4.78, 5) is 23.9. The topological polar surface area (TPSA) is 102 Å². The molecular formula is C26H24N8OS. The van der Waals surface area contributed by atoms with Gasteiger partial charge in [0.2, 0.25) is 5.91 Å². The minimum Gasteiger partial charge on any atom is -0.354 e. The largest absolute Gasteiger partial charge is 0.354 e. The van der Waals surface area contributed by atoms with E-state index in [1.54, 1.807) is 22.3 Å². The van der Waals surface area contributed by atoms with Crippen LogP contribution >= 0.6 is 11.3 Å². The molecule has 1 saturated heterocycles. The molecular weight excluding hydrogens is 472 g/mol. The Hall–Kier alpha value is -4.18. The van der Waals surface area contributed by atoms with Gasteiger partial charge in [-0.3, -0.25) is 4.79 Å². The summed E-state index contributed by atoms with van der Waals surface area (Å²) in [6.07, 6.45) is 4.80. The van der Waals surface area contributed by atoms with Crippen LogP contribution in [0.4, 0.5) is 11.5 Å². The number of piperidine rings is 1. The lowest BCUT2D eigenvalue weighted by atomic mass is 9.97. The highest BCUT2D eigenvalue weighted by Crippen LogP contribution is 2.31. The van der Waals surface area contributed by atoms with Gasteiger partial charge < -0.3 is 10.2 Å². The molecule has 1 atom stereocenters. The number of benzene rings is 2. The first kappa shape index (κ1) is 22.3. The molecule has 36 heavy (non-hydrogen) atoms. The third-order valence-corrected chi connectivity index (χ3v) is 7.42. The van der Waals surface area contributed by atoms with Crippen molar-refractivity contribution >= 4 is 39.0 Å². The van der Waals surface area contributed by atoms with Crippen molar-refractivity contribution in [3.05, 3.63) is 72.8 Å². The average molecular weight is 497 g/mol. The summed E-state index contributed by atoms with van der Waals surface area (Å²) in [6, 6.07) is 18.0. The van der Waals surface area contributed by atoms with Crippen molar-refractivity contribution in [3.8, 4) is 16.4 Å². The number of amides is 1. The minimum atomic E-state index is -0.122. The molecule has 9 nitrogen and oxygen atoms in total. The zero-order valence-corrected chi connectivity index (χ0v) is 20.5. The molecule has 1 aliphatic heterocycles. The smallest absolute Gasteiger partial charge is 0.229 e. The van der Waals surface area contributed by atoms with E-state index in [0.29, 0.717) is 12.4 Å². The summed E-state index contributed by atoms with van der Waals surface area (Å²) in [6.45, 7) is 3.54. The summed E-state index contributed by atoms with van der Waals surface area (Å²) in [5, 5.41) is 16.7. The van der Waals surface area contributed by atoms with Crippen LogP contribution in [0.15, 0.2) is 67.3 Å². The van der Waals surface area contributed by atoms with Gasteiger partial charge in [-0.05, 0) is 73.9 Å². The number of carbonyl (C=O) groups is 1. The Bertz CT molecular complexity index is 1500. The van der Waals surface area contributed by atoms with Gasteiger partial charge in [-0.1, -0.05) is 6.07 Å². The summed E-state index contributed by atoms with van der Waals surface area (Å²) in [5.41, 5.74) is 4.07. The Morgan fingerprint density at radius 1 is 1.06 bits per heavy atom. The van der Waals surface area contributed by atoms with Gasteiger partial charge in [0.05, 0.1) is 16.1 Å². The van der Waals surface area contributed by atoms with E-state index in [9.17, 15) is 4.79 Å². The molecule has 1 unspecified atom stereocenters. The molecule has 0 saturated carbocycles. The normalized spacial score (nSPS) is 15.8. The number of hydrogen-bond donors (Lipinski definition) is 1. The Morgan fingerprint density at radius 2 is 1.89 bits per heavy atom. The van der Waals surface area contributed by atoms with Crippen LogP contribution in [0.2, 0.25) is 0 Å². The zero-order valence-electron chi connectivity index (χ0n) is 19.7. The number of carbonyl (C=O) groups excluding carboxylic acids is 1. The molecule has 1 N–H and O–H groups in total. The molecule has 180 valence electrons. The molecule has 10 heteroatoms. The molecule has 0 aliphatic carbocycles. The quantitative estimate of drug-likeness (QED) is 0.382. The van der Waals surface area contributed by atoms with Gasteiger partial charge in [0.25, 0.3) is 0 Å². The first-order valence-electron chi connectivity index (χ1n) is 11.8. The van der Waals surface area contributed by atoms with E-state index in [0.717, 1.165) is 47.0 Å². The predicted molar refractivity (Wildman–Crippen MR) is 140 cm³/mol. The fourth-order valence-electron chi connectivity index (χ4n) is 4.43. The lowest BCUT2D eigenvalue weighted by Gasteiger charge is -2.32. The Morgan fingerprint density at radius 3 is 2.67 bits per heavy atom. The van der Waals surface area contributed by atoms with Gasteiger partial charge in [-0.15, -0.1) is 21.5 Å². The van der Waals surface area contributed by atoms with Crippen molar-refractivity contribution < 1.29 is 4.79 Å². The molecule has 0 radical (unpaired) electrons. The van der Waals surface area contributed by atoms with Crippen LogP contribution in [0.1, 0.15) is 18.4 Å². The third kappa shape index (κ3) is 4.55. The van der Waals surface area contributed by atoms with Crippen LogP contribution in [-0.2, 0) is 4.79 Å². The summed E-state index contributed by atoms with van der Waals surface area (Å²) < 4.78 is 2.74. The molecule has 0 spiro atoms. The highest BCUT2D eigenvalue weighted by atomic mass is 32.1. The van der Waals surface area contributed by atoms with Crippen LogP contribution in [0.3, 0.4) is 0 Å².